The van der Waals surface area contributed by atoms with Crippen LogP contribution in [-0.2, 0) is 22.6 Å². The summed E-state index contributed by atoms with van der Waals surface area (Å²) >= 11 is 0. The molecule has 144 valence electrons. The first-order valence-electron chi connectivity index (χ1n) is 9.83. The van der Waals surface area contributed by atoms with E-state index in [0.717, 1.165) is 49.6 Å². The first-order chi connectivity index (χ1) is 13.2. The number of nitrogens with one attached hydrogen (secondary N) is 2. The van der Waals surface area contributed by atoms with Crippen LogP contribution in [-0.4, -0.2) is 46.8 Å². The molecule has 0 bridgehead atoms. The molecule has 6 nitrogen and oxygen atoms in total. The van der Waals surface area contributed by atoms with Crippen molar-refractivity contribution in [2.75, 3.05) is 19.7 Å². The van der Waals surface area contributed by atoms with Crippen LogP contribution in [0.2, 0.25) is 0 Å². The maximum Gasteiger partial charge on any atom is 0.222 e. The second kappa shape index (κ2) is 8.23. The van der Waals surface area contributed by atoms with E-state index in [1.165, 1.54) is 0 Å². The number of benzene rings is 1. The fourth-order valence-electron chi connectivity index (χ4n) is 4.35. The van der Waals surface area contributed by atoms with Gasteiger partial charge in [0, 0.05) is 31.2 Å². The van der Waals surface area contributed by atoms with Crippen molar-refractivity contribution in [3.8, 4) is 0 Å². The van der Waals surface area contributed by atoms with Crippen molar-refractivity contribution in [1.29, 1.82) is 0 Å². The number of aromatic nitrogens is 2. The predicted molar refractivity (Wildman–Crippen MR) is 103 cm³/mol. The van der Waals surface area contributed by atoms with E-state index in [0.29, 0.717) is 24.8 Å². The molecule has 1 aromatic heterocycles. The summed E-state index contributed by atoms with van der Waals surface area (Å²) in [5.41, 5.74) is 3.32. The van der Waals surface area contributed by atoms with Gasteiger partial charge in [-0.25, -0.2) is 0 Å². The fourth-order valence-corrected chi connectivity index (χ4v) is 4.35. The number of rotatable bonds is 6. The molecule has 27 heavy (non-hydrogen) atoms. The summed E-state index contributed by atoms with van der Waals surface area (Å²) < 4.78 is 6.02. The maximum absolute atomic E-state index is 12.3. The smallest absolute Gasteiger partial charge is 0.222 e. The molecule has 0 unspecified atom stereocenters. The van der Waals surface area contributed by atoms with Crippen LogP contribution < -0.4 is 5.32 Å². The summed E-state index contributed by atoms with van der Waals surface area (Å²) in [6, 6.07) is 12.1. The highest BCUT2D eigenvalue weighted by Crippen LogP contribution is 2.36. The van der Waals surface area contributed by atoms with Crippen LogP contribution >= 0.6 is 0 Å². The van der Waals surface area contributed by atoms with Gasteiger partial charge in [-0.15, -0.1) is 0 Å². The zero-order chi connectivity index (χ0) is 18.6. The molecule has 1 amide bonds. The third kappa shape index (κ3) is 4.57. The second-order valence-corrected chi connectivity index (χ2v) is 7.83. The Bertz CT molecular complexity index is 761. The van der Waals surface area contributed by atoms with E-state index in [1.54, 1.807) is 0 Å². The van der Waals surface area contributed by atoms with Gasteiger partial charge >= 0.3 is 0 Å². The SMILES string of the molecule is Cc1cc(CN2CC[C@@H]3[C@@H](CO[C@H]3CC(=O)NCc3ccccc3)C2)n[nH]1. The van der Waals surface area contributed by atoms with Crippen molar-refractivity contribution in [2.24, 2.45) is 11.8 Å². The van der Waals surface area contributed by atoms with Crippen LogP contribution in [0, 0.1) is 18.8 Å². The molecule has 6 heteroatoms. The normalized spacial score (nSPS) is 25.3. The van der Waals surface area contributed by atoms with Crippen molar-refractivity contribution in [2.45, 2.75) is 39.0 Å². The van der Waals surface area contributed by atoms with Gasteiger partial charge in [-0.3, -0.25) is 14.8 Å². The molecule has 2 aliphatic heterocycles. The summed E-state index contributed by atoms with van der Waals surface area (Å²) in [6.45, 7) is 6.32. The molecule has 4 rings (SSSR count). The van der Waals surface area contributed by atoms with Gasteiger partial charge in [-0.1, -0.05) is 30.3 Å². The van der Waals surface area contributed by atoms with Crippen LogP contribution in [0.25, 0.3) is 0 Å². The largest absolute Gasteiger partial charge is 0.377 e. The summed E-state index contributed by atoms with van der Waals surface area (Å²) in [5.74, 6) is 1.09. The number of amides is 1. The molecule has 2 fully saturated rings. The van der Waals surface area contributed by atoms with Crippen LogP contribution in [0.3, 0.4) is 0 Å². The standard InChI is InChI=1S/C21H28N4O2/c1-15-9-18(24-23-15)13-25-8-7-19-17(12-25)14-27-20(19)10-21(26)22-11-16-5-3-2-4-6-16/h2-6,9,17,19-20H,7-8,10-14H2,1H3,(H,22,26)(H,23,24)/t17-,19-,20+/m1/s1. The third-order valence-corrected chi connectivity index (χ3v) is 5.74. The molecule has 0 aliphatic carbocycles. The van der Waals surface area contributed by atoms with Gasteiger partial charge in [-0.05, 0) is 37.4 Å². The Kier molecular flexibility index (Phi) is 5.55. The molecule has 3 heterocycles. The molecule has 2 saturated heterocycles. The Morgan fingerprint density at radius 2 is 2.22 bits per heavy atom. The van der Waals surface area contributed by atoms with E-state index >= 15 is 0 Å². The highest BCUT2D eigenvalue weighted by atomic mass is 16.5. The van der Waals surface area contributed by atoms with Gasteiger partial charge in [0.15, 0.2) is 0 Å². The van der Waals surface area contributed by atoms with Crippen molar-refractivity contribution in [1.82, 2.24) is 20.4 Å². The number of piperidine rings is 1. The number of aromatic amines is 1. The van der Waals surface area contributed by atoms with E-state index < -0.39 is 0 Å². The lowest BCUT2D eigenvalue weighted by molar-refractivity contribution is -0.124. The first-order valence-corrected chi connectivity index (χ1v) is 9.83. The van der Waals surface area contributed by atoms with Crippen molar-refractivity contribution < 1.29 is 9.53 Å². The molecule has 1 aromatic carbocycles. The minimum Gasteiger partial charge on any atom is -0.377 e. The lowest BCUT2D eigenvalue weighted by Gasteiger charge is -2.35. The number of nitrogens with zero attached hydrogens (tertiary/aromatic N) is 2. The maximum atomic E-state index is 12.3. The number of fused-ring (bicyclic) bond motifs is 1. The molecule has 2 aromatic rings. The average molecular weight is 368 g/mol. The van der Waals surface area contributed by atoms with Gasteiger partial charge < -0.3 is 10.1 Å². The summed E-state index contributed by atoms with van der Waals surface area (Å²) in [6.07, 6.45) is 1.61. The molecular formula is C21H28N4O2. The minimum absolute atomic E-state index is 0.0561. The van der Waals surface area contributed by atoms with Crippen LogP contribution in [0.15, 0.2) is 36.4 Å². The predicted octanol–water partition coefficient (Wildman–Crippen LogP) is 2.26. The lowest BCUT2D eigenvalue weighted by atomic mass is 9.83. The van der Waals surface area contributed by atoms with Gasteiger partial charge in [0.2, 0.25) is 5.91 Å². The Hall–Kier alpha value is -2.18. The highest BCUT2D eigenvalue weighted by molar-refractivity contribution is 5.76. The molecule has 0 radical (unpaired) electrons. The van der Waals surface area contributed by atoms with Crippen molar-refractivity contribution in [3.05, 3.63) is 53.3 Å². The summed E-state index contributed by atoms with van der Waals surface area (Å²) in [4.78, 5) is 14.8. The lowest BCUT2D eigenvalue weighted by Crippen LogP contribution is -2.41. The number of hydrogen-bond acceptors (Lipinski definition) is 4. The number of carbonyl (C=O) groups is 1. The topological polar surface area (TPSA) is 70.2 Å². The summed E-state index contributed by atoms with van der Waals surface area (Å²) in [7, 11) is 0. The number of ether oxygens (including phenoxy) is 1. The quantitative estimate of drug-likeness (QED) is 0.821. The Morgan fingerprint density at radius 3 is 3.00 bits per heavy atom. The van der Waals surface area contributed by atoms with E-state index in [1.807, 2.05) is 37.3 Å². The molecule has 3 atom stereocenters. The van der Waals surface area contributed by atoms with Crippen molar-refractivity contribution in [3.63, 3.8) is 0 Å². The molecular weight excluding hydrogens is 340 g/mol. The third-order valence-electron chi connectivity index (χ3n) is 5.74. The zero-order valence-electron chi connectivity index (χ0n) is 15.9. The van der Waals surface area contributed by atoms with Gasteiger partial charge in [0.25, 0.3) is 0 Å². The first kappa shape index (κ1) is 18.2. The van der Waals surface area contributed by atoms with Gasteiger partial charge in [0.1, 0.15) is 0 Å². The van der Waals surface area contributed by atoms with E-state index in [2.05, 4.69) is 26.5 Å². The monoisotopic (exact) mass is 368 g/mol. The number of carbonyl (C=O) groups excluding carboxylic acids is 1. The molecule has 0 spiro atoms. The minimum atomic E-state index is 0.0561. The van der Waals surface area contributed by atoms with Crippen LogP contribution in [0.5, 0.6) is 0 Å². The van der Waals surface area contributed by atoms with E-state index in [9.17, 15) is 4.79 Å². The average Bonchev–Trinajstić information content (AvgIpc) is 3.27. The van der Waals surface area contributed by atoms with Crippen molar-refractivity contribution >= 4 is 5.91 Å². The fraction of sp³-hybridized carbons (Fsp3) is 0.524. The Balaban J connectivity index is 1.24. The molecule has 2 N–H and O–H groups in total. The Morgan fingerprint density at radius 1 is 1.37 bits per heavy atom. The second-order valence-electron chi connectivity index (χ2n) is 7.83. The molecule has 2 aliphatic rings. The van der Waals surface area contributed by atoms with Gasteiger partial charge in [0.05, 0.1) is 24.8 Å². The van der Waals surface area contributed by atoms with Gasteiger partial charge in [-0.2, -0.15) is 5.10 Å². The van der Waals surface area contributed by atoms with Crippen LogP contribution in [0.4, 0.5) is 0 Å². The molecule has 0 saturated carbocycles. The Labute approximate surface area is 160 Å². The highest BCUT2D eigenvalue weighted by Gasteiger charge is 2.41. The van der Waals surface area contributed by atoms with E-state index in [-0.39, 0.29) is 12.0 Å². The zero-order valence-corrected chi connectivity index (χ0v) is 15.9. The number of likely N-dealkylation sites (tertiary alicyclic amines) is 1. The number of H-pyrrole nitrogens is 1. The van der Waals surface area contributed by atoms with E-state index in [4.69, 9.17) is 4.74 Å². The number of aryl methyl sites for hydroxylation is 1. The summed E-state index contributed by atoms with van der Waals surface area (Å²) in [5, 5.41) is 10.4. The van der Waals surface area contributed by atoms with Crippen LogP contribution in [0.1, 0.15) is 29.8 Å². The number of hydrogen-bond donors (Lipinski definition) is 2.